The zero-order valence-electron chi connectivity index (χ0n) is 29.2. The zero-order valence-corrected chi connectivity index (χ0v) is 29.2. The van der Waals surface area contributed by atoms with Crippen LogP contribution < -0.4 is 4.57 Å². The van der Waals surface area contributed by atoms with Crippen molar-refractivity contribution in [1.82, 2.24) is 0 Å². The van der Waals surface area contributed by atoms with Gasteiger partial charge < -0.3 is 9.47 Å². The molecule has 3 heteroatoms. The molecule has 0 radical (unpaired) electrons. The molecule has 0 spiro atoms. The van der Waals surface area contributed by atoms with E-state index in [4.69, 9.17) is 9.47 Å². The minimum atomic E-state index is 0.0408. The first-order valence-corrected chi connectivity index (χ1v) is 17.5. The van der Waals surface area contributed by atoms with Crippen molar-refractivity contribution in [2.45, 2.75) is 118 Å². The second-order valence-electron chi connectivity index (χ2n) is 15.3. The van der Waals surface area contributed by atoms with Crippen LogP contribution >= 0.6 is 0 Å². The van der Waals surface area contributed by atoms with Crippen LogP contribution in [0.15, 0.2) is 72.6 Å². The second kappa shape index (κ2) is 11.9. The summed E-state index contributed by atoms with van der Waals surface area (Å²) in [4.78, 5) is 0. The predicted molar refractivity (Wildman–Crippen MR) is 189 cm³/mol. The van der Waals surface area contributed by atoms with Gasteiger partial charge >= 0.3 is 0 Å². The lowest BCUT2D eigenvalue weighted by Crippen LogP contribution is -2.42. The average molecular weight is 605 g/mol. The summed E-state index contributed by atoms with van der Waals surface area (Å²) in [5.74, 6) is 1.00. The van der Waals surface area contributed by atoms with Crippen LogP contribution in [0.1, 0.15) is 106 Å². The quantitative estimate of drug-likeness (QED) is 0.161. The van der Waals surface area contributed by atoms with E-state index in [1.807, 2.05) is 0 Å². The lowest BCUT2D eigenvalue weighted by atomic mass is 9.71. The Morgan fingerprint density at radius 3 is 2.09 bits per heavy atom. The maximum absolute atomic E-state index is 7.26. The third-order valence-electron chi connectivity index (χ3n) is 11.9. The molecular formula is C42H54NO2+. The lowest BCUT2D eigenvalue weighted by molar-refractivity contribution is -0.574. The molecule has 2 unspecified atom stereocenters. The van der Waals surface area contributed by atoms with Crippen LogP contribution in [0.25, 0.3) is 38.5 Å². The molecule has 6 rings (SSSR count). The Bertz CT molecular complexity index is 1750. The van der Waals surface area contributed by atoms with E-state index in [1.54, 1.807) is 0 Å². The first kappa shape index (κ1) is 31.8. The van der Waals surface area contributed by atoms with E-state index in [1.165, 1.54) is 49.6 Å². The molecule has 0 bridgehead atoms. The molecule has 0 saturated carbocycles. The predicted octanol–water partition coefficient (Wildman–Crippen LogP) is 10.8. The molecule has 2 atom stereocenters. The molecule has 0 amide bonds. The summed E-state index contributed by atoms with van der Waals surface area (Å²) in [5, 5.41) is 5.20. The fourth-order valence-electron chi connectivity index (χ4n) is 7.56. The Morgan fingerprint density at radius 2 is 1.40 bits per heavy atom. The first-order chi connectivity index (χ1) is 21.4. The number of hydrogen-bond acceptors (Lipinski definition) is 2. The molecule has 3 heterocycles. The molecular weight excluding hydrogens is 550 g/mol. The summed E-state index contributed by atoms with van der Waals surface area (Å²) < 4.78 is 16.6. The van der Waals surface area contributed by atoms with E-state index in [9.17, 15) is 0 Å². The number of allylic oxidation sites excluding steroid dienone is 1. The minimum Gasteiger partial charge on any atom is -0.485 e. The van der Waals surface area contributed by atoms with E-state index in [-0.39, 0.29) is 28.5 Å². The van der Waals surface area contributed by atoms with Gasteiger partial charge in [-0.05, 0) is 81.3 Å². The Balaban J connectivity index is 1.56. The van der Waals surface area contributed by atoms with Gasteiger partial charge in [0.05, 0.1) is 18.1 Å². The molecule has 0 aliphatic carbocycles. The van der Waals surface area contributed by atoms with Gasteiger partial charge in [0.25, 0.3) is 0 Å². The monoisotopic (exact) mass is 604 g/mol. The molecule has 45 heavy (non-hydrogen) atoms. The summed E-state index contributed by atoms with van der Waals surface area (Å²) in [6, 6.07) is 22.9. The summed E-state index contributed by atoms with van der Waals surface area (Å²) >= 11 is 0. The summed E-state index contributed by atoms with van der Waals surface area (Å²) in [5.41, 5.74) is 6.70. The van der Waals surface area contributed by atoms with Crippen LogP contribution in [-0.4, -0.2) is 18.8 Å². The highest BCUT2D eigenvalue weighted by atomic mass is 16.6. The molecule has 2 aliphatic rings. The van der Waals surface area contributed by atoms with E-state index in [2.05, 4.69) is 134 Å². The number of hydrogen-bond donors (Lipinski definition) is 0. The van der Waals surface area contributed by atoms with Gasteiger partial charge in [0, 0.05) is 24.0 Å². The van der Waals surface area contributed by atoms with E-state index >= 15 is 0 Å². The van der Waals surface area contributed by atoms with Crippen molar-refractivity contribution >= 4 is 27.2 Å². The number of ether oxygens (including phenoxy) is 2. The molecule has 3 aromatic carbocycles. The molecule has 3 nitrogen and oxygen atoms in total. The third kappa shape index (κ3) is 5.60. The van der Waals surface area contributed by atoms with Crippen molar-refractivity contribution in [1.29, 1.82) is 0 Å². The third-order valence-corrected chi connectivity index (χ3v) is 11.9. The topological polar surface area (TPSA) is 22.3 Å². The van der Waals surface area contributed by atoms with Crippen LogP contribution in [-0.2, 0) is 21.3 Å². The fraction of sp³-hybridized carbons (Fsp3) is 0.500. The van der Waals surface area contributed by atoms with Gasteiger partial charge in [-0.3, -0.25) is 0 Å². The number of fused-ring (bicyclic) bond motifs is 6. The summed E-state index contributed by atoms with van der Waals surface area (Å²) in [7, 11) is 0. The highest BCUT2D eigenvalue weighted by Gasteiger charge is 2.44. The van der Waals surface area contributed by atoms with E-state index in [0.717, 1.165) is 44.3 Å². The van der Waals surface area contributed by atoms with Crippen LogP contribution in [0.5, 0.6) is 0 Å². The van der Waals surface area contributed by atoms with Gasteiger partial charge in [0.2, 0.25) is 11.4 Å². The van der Waals surface area contributed by atoms with Gasteiger partial charge in [0.15, 0.2) is 12.0 Å². The van der Waals surface area contributed by atoms with Crippen LogP contribution in [0.3, 0.4) is 0 Å². The second-order valence-corrected chi connectivity index (χ2v) is 15.3. The molecule has 238 valence electrons. The molecule has 1 saturated heterocycles. The van der Waals surface area contributed by atoms with Gasteiger partial charge in [-0.25, -0.2) is 0 Å². The number of benzene rings is 3. The molecule has 0 N–H and O–H groups in total. The van der Waals surface area contributed by atoms with Gasteiger partial charge in [0.1, 0.15) is 12.7 Å². The molecule has 1 fully saturated rings. The van der Waals surface area contributed by atoms with Crippen LogP contribution in [0, 0.1) is 10.8 Å². The molecule has 1 aromatic heterocycles. The lowest BCUT2D eigenvalue weighted by Gasteiger charge is -2.40. The standard InChI is InChI=1S/C42H54NO2/c1-10-41(8,11-2)38-26-39(42(9,12-3)13-4)45-37(27-44-38)36-23-30-22-29-19-18-28-16-14-15-17-32(28)33(29)25-34(30)35-24-31(40(5,6)7)20-21-43(35)36/h14-22,24-25,38-39H,10-13,23,26-27H2,1-9H3/q+1/b37-36+. The van der Waals surface area contributed by atoms with Crippen molar-refractivity contribution in [3.8, 4) is 11.3 Å². The van der Waals surface area contributed by atoms with Crippen molar-refractivity contribution in [2.75, 3.05) is 6.61 Å². The highest BCUT2D eigenvalue weighted by molar-refractivity contribution is 6.09. The normalized spacial score (nSPS) is 20.9. The van der Waals surface area contributed by atoms with Gasteiger partial charge in [-0.1, -0.05) is 98.7 Å². The highest BCUT2D eigenvalue weighted by Crippen LogP contribution is 2.45. The Morgan fingerprint density at radius 1 is 0.733 bits per heavy atom. The maximum atomic E-state index is 7.26. The maximum Gasteiger partial charge on any atom is 0.232 e. The zero-order chi connectivity index (χ0) is 32.1. The SMILES string of the molecule is CCC(C)(CC)C1CC(C(C)(CC)CC)O/C(=C2\Cc3cc4ccc5ccccc5c4cc3-c3cc(C(C)(C)C)cc[n+]32)CO1. The Labute approximate surface area is 271 Å². The number of pyridine rings is 1. The van der Waals surface area contributed by atoms with Crippen molar-refractivity contribution in [3.63, 3.8) is 0 Å². The average Bonchev–Trinajstić information content (AvgIpc) is 3.30. The van der Waals surface area contributed by atoms with Gasteiger partial charge in [-0.2, -0.15) is 4.57 Å². The Kier molecular flexibility index (Phi) is 8.40. The number of rotatable bonds is 6. The minimum absolute atomic E-state index is 0.0408. The summed E-state index contributed by atoms with van der Waals surface area (Å²) in [6.07, 6.45) is 8.66. The van der Waals surface area contributed by atoms with Crippen molar-refractivity contribution in [3.05, 3.63) is 83.7 Å². The van der Waals surface area contributed by atoms with Crippen LogP contribution in [0.2, 0.25) is 0 Å². The van der Waals surface area contributed by atoms with Crippen LogP contribution in [0.4, 0.5) is 0 Å². The van der Waals surface area contributed by atoms with Crippen molar-refractivity contribution < 1.29 is 14.0 Å². The van der Waals surface area contributed by atoms with Gasteiger partial charge in [-0.15, -0.1) is 0 Å². The summed E-state index contributed by atoms with van der Waals surface area (Å²) in [6.45, 7) is 21.5. The smallest absolute Gasteiger partial charge is 0.232 e. The van der Waals surface area contributed by atoms with Crippen molar-refractivity contribution in [2.24, 2.45) is 10.8 Å². The number of aromatic nitrogens is 1. The molecule has 2 aliphatic heterocycles. The largest absolute Gasteiger partial charge is 0.485 e. The fourth-order valence-corrected chi connectivity index (χ4v) is 7.56. The number of nitrogens with zero attached hydrogens (tertiary/aromatic N) is 1. The molecule has 4 aromatic rings. The van der Waals surface area contributed by atoms with E-state index < -0.39 is 0 Å². The first-order valence-electron chi connectivity index (χ1n) is 17.5. The Hall–Kier alpha value is -3.17. The van der Waals surface area contributed by atoms with E-state index in [0.29, 0.717) is 6.61 Å².